The molecule has 3 aliphatic heterocycles. The van der Waals surface area contributed by atoms with Crippen LogP contribution in [0.25, 0.3) is 11.0 Å². The molecule has 3 aliphatic rings. The summed E-state index contributed by atoms with van der Waals surface area (Å²) in [4.78, 5) is 32.9. The summed E-state index contributed by atoms with van der Waals surface area (Å²) in [5.41, 5.74) is 0.0350. The maximum atomic E-state index is 13.6. The Labute approximate surface area is 228 Å². The summed E-state index contributed by atoms with van der Waals surface area (Å²) in [6, 6.07) is 7.87. The molecule has 6 rings (SSSR count). The Balaban J connectivity index is 1.43. The number of rotatable bonds is 3. The Morgan fingerprint density at radius 1 is 1.28 bits per heavy atom. The zero-order chi connectivity index (χ0) is 30.4. The molecule has 3 aromatic rings. The molecule has 2 aromatic carbocycles. The van der Waals surface area contributed by atoms with Gasteiger partial charge in [-0.2, -0.15) is 8.78 Å². The minimum absolute atomic E-state index is 0.0108. The molecule has 0 aliphatic carbocycles. The van der Waals surface area contributed by atoms with Gasteiger partial charge in [-0.15, -0.1) is 0 Å². The summed E-state index contributed by atoms with van der Waals surface area (Å²) in [7, 11) is 0. The van der Waals surface area contributed by atoms with Crippen LogP contribution in [0.3, 0.4) is 0 Å². The summed E-state index contributed by atoms with van der Waals surface area (Å²) in [6.07, 6.45) is 0.123. The van der Waals surface area contributed by atoms with Gasteiger partial charge in [-0.1, -0.05) is 17.9 Å². The molecule has 0 radical (unpaired) electrons. The Kier molecular flexibility index (Phi) is 4.78. The maximum absolute atomic E-state index is 13.6. The second-order valence-corrected chi connectivity index (χ2v) is 11.1. The molecule has 39 heavy (non-hydrogen) atoms. The lowest BCUT2D eigenvalue weighted by molar-refractivity contribution is -0.156. The molecule has 2 atom stereocenters. The molecule has 0 unspecified atom stereocenters. The van der Waals surface area contributed by atoms with Crippen LogP contribution in [0.4, 0.5) is 8.78 Å². The standard InChI is InChI=1S/C29H28F2N4O4/c1-28(2,38)26(37)34-14-29(3,15-34)11-10-16-8-9-18-19(12-16)35-20-13-21(24(35)32-18)33(4)25(36)17-6-5-7-22(23(17)20)39-27(30)31/h5-9,12,20-21,27,38H,13-15H2,1-4H3/t20-,21-/m1/s1/i4D3. The van der Waals surface area contributed by atoms with Crippen LogP contribution in [0.15, 0.2) is 36.4 Å². The van der Waals surface area contributed by atoms with Crippen LogP contribution in [-0.2, 0) is 4.79 Å². The van der Waals surface area contributed by atoms with Crippen molar-refractivity contribution in [2.24, 2.45) is 5.41 Å². The lowest BCUT2D eigenvalue weighted by Gasteiger charge is -2.46. The van der Waals surface area contributed by atoms with E-state index < -0.39 is 42.6 Å². The van der Waals surface area contributed by atoms with Crippen molar-refractivity contribution in [1.82, 2.24) is 19.4 Å². The molecule has 8 nitrogen and oxygen atoms in total. The average molecular weight is 538 g/mol. The van der Waals surface area contributed by atoms with Gasteiger partial charge in [0.2, 0.25) is 0 Å². The topological polar surface area (TPSA) is 87.9 Å². The number of hydrogen-bond donors (Lipinski definition) is 1. The summed E-state index contributed by atoms with van der Waals surface area (Å²) in [5.74, 6) is 5.37. The molecule has 4 heterocycles. The molecule has 1 fully saturated rings. The van der Waals surface area contributed by atoms with Crippen molar-refractivity contribution in [3.8, 4) is 17.6 Å². The van der Waals surface area contributed by atoms with Crippen LogP contribution < -0.4 is 4.74 Å². The quantitative estimate of drug-likeness (QED) is 0.515. The highest BCUT2D eigenvalue weighted by Gasteiger charge is 2.46. The van der Waals surface area contributed by atoms with E-state index in [2.05, 4.69) is 16.8 Å². The number of carbonyl (C=O) groups is 2. The fraction of sp³-hybridized carbons (Fsp3) is 0.414. The molecule has 0 spiro atoms. The maximum Gasteiger partial charge on any atom is 0.387 e. The highest BCUT2D eigenvalue weighted by molar-refractivity contribution is 5.98. The van der Waals surface area contributed by atoms with Crippen molar-refractivity contribution in [3.05, 3.63) is 58.9 Å². The molecule has 2 bridgehead atoms. The first-order valence-electron chi connectivity index (χ1n) is 14.1. The van der Waals surface area contributed by atoms with Crippen molar-refractivity contribution in [2.45, 2.75) is 51.5 Å². The molecule has 202 valence electrons. The van der Waals surface area contributed by atoms with Gasteiger partial charge in [0.05, 0.1) is 28.5 Å². The Morgan fingerprint density at radius 3 is 2.74 bits per heavy atom. The number of imidazole rings is 1. The van der Waals surface area contributed by atoms with Gasteiger partial charge in [0.15, 0.2) is 0 Å². The molecule has 1 aromatic heterocycles. The number of nitrogens with zero attached hydrogens (tertiary/aromatic N) is 4. The van der Waals surface area contributed by atoms with Crippen LogP contribution in [0.5, 0.6) is 5.75 Å². The molecular formula is C29H28F2N4O4. The van der Waals surface area contributed by atoms with E-state index in [4.69, 9.17) is 8.85 Å². The molecule has 1 N–H and O–H groups in total. The number of ether oxygens (including phenoxy) is 1. The number of carbonyl (C=O) groups excluding carboxylic acids is 2. The van der Waals surface area contributed by atoms with Gasteiger partial charge in [-0.05, 0) is 51.1 Å². The summed E-state index contributed by atoms with van der Waals surface area (Å²) in [6.45, 7) is -0.385. The number of benzene rings is 2. The summed E-state index contributed by atoms with van der Waals surface area (Å²) >= 11 is 0. The highest BCUT2D eigenvalue weighted by Crippen LogP contribution is 2.50. The van der Waals surface area contributed by atoms with Gasteiger partial charge in [-0.25, -0.2) is 4.98 Å². The van der Waals surface area contributed by atoms with Crippen LogP contribution in [0, 0.1) is 17.3 Å². The number of alkyl halides is 2. The van der Waals surface area contributed by atoms with Gasteiger partial charge >= 0.3 is 6.61 Å². The fourth-order valence-electron chi connectivity index (χ4n) is 5.82. The van der Waals surface area contributed by atoms with Gasteiger partial charge in [0, 0.05) is 47.3 Å². The van der Waals surface area contributed by atoms with E-state index in [1.807, 2.05) is 6.92 Å². The van der Waals surface area contributed by atoms with E-state index in [1.165, 1.54) is 32.0 Å². The third-order valence-electron chi connectivity index (χ3n) is 7.55. The van der Waals surface area contributed by atoms with E-state index in [9.17, 15) is 23.5 Å². The van der Waals surface area contributed by atoms with Crippen molar-refractivity contribution in [1.29, 1.82) is 0 Å². The summed E-state index contributed by atoms with van der Waals surface area (Å²) in [5, 5.41) is 10.0. The first-order chi connectivity index (χ1) is 19.6. The monoisotopic (exact) mass is 537 g/mol. The van der Waals surface area contributed by atoms with Gasteiger partial charge in [-0.3, -0.25) is 9.59 Å². The molecule has 10 heteroatoms. The molecular weight excluding hydrogens is 506 g/mol. The highest BCUT2D eigenvalue weighted by atomic mass is 19.3. The average Bonchev–Trinajstić information content (AvgIpc) is 3.36. The predicted molar refractivity (Wildman–Crippen MR) is 138 cm³/mol. The first-order valence-corrected chi connectivity index (χ1v) is 12.6. The van der Waals surface area contributed by atoms with Crippen molar-refractivity contribution >= 4 is 22.8 Å². The normalized spacial score (nSPS) is 22.6. The van der Waals surface area contributed by atoms with Crippen molar-refractivity contribution in [2.75, 3.05) is 20.1 Å². The minimum atomic E-state index is -3.14. The third-order valence-corrected chi connectivity index (χ3v) is 7.55. The van der Waals surface area contributed by atoms with E-state index >= 15 is 0 Å². The zero-order valence-electron chi connectivity index (χ0n) is 24.5. The number of hydrogen-bond acceptors (Lipinski definition) is 5. The van der Waals surface area contributed by atoms with Crippen molar-refractivity contribution in [3.63, 3.8) is 0 Å². The van der Waals surface area contributed by atoms with Gasteiger partial charge < -0.3 is 24.2 Å². The van der Waals surface area contributed by atoms with E-state index in [-0.39, 0.29) is 29.2 Å². The SMILES string of the molecule is [2H]C([2H])([2H])N1C(=O)c2cccc(OC(F)F)c2[C@H]2C[C@@H]1c1nc3ccc(C#CC4(C)CN(C(=O)C(C)(C)O)C4)cc3n12. The second kappa shape index (κ2) is 8.52. The third kappa shape index (κ3) is 4.03. The smallest absolute Gasteiger partial charge is 0.387 e. The fourth-order valence-corrected chi connectivity index (χ4v) is 5.82. The molecule has 0 saturated carbocycles. The van der Waals surface area contributed by atoms with Gasteiger partial charge in [0.25, 0.3) is 11.8 Å². The van der Waals surface area contributed by atoms with Crippen LogP contribution >= 0.6 is 0 Å². The van der Waals surface area contributed by atoms with E-state index in [0.29, 0.717) is 35.5 Å². The second-order valence-electron chi connectivity index (χ2n) is 11.1. The predicted octanol–water partition coefficient (Wildman–Crippen LogP) is 3.73. The summed E-state index contributed by atoms with van der Waals surface area (Å²) < 4.78 is 57.8. The number of fused-ring (bicyclic) bond motifs is 9. The lowest BCUT2D eigenvalue weighted by atomic mass is 9.81. The molecule has 1 saturated heterocycles. The minimum Gasteiger partial charge on any atom is -0.434 e. The number of likely N-dealkylation sites (tertiary alicyclic amines) is 1. The van der Waals surface area contributed by atoms with E-state index in [0.717, 1.165) is 4.90 Å². The number of aliphatic hydroxyl groups is 1. The Hall–Kier alpha value is -3.97. The van der Waals surface area contributed by atoms with Crippen LogP contribution in [0.2, 0.25) is 0 Å². The molecule has 2 amide bonds. The Bertz CT molecular complexity index is 1700. The lowest BCUT2D eigenvalue weighted by Crippen LogP contribution is -2.60. The van der Waals surface area contributed by atoms with Gasteiger partial charge in [0.1, 0.15) is 17.2 Å². The largest absolute Gasteiger partial charge is 0.434 e. The number of amides is 2. The van der Waals surface area contributed by atoms with Crippen LogP contribution in [-0.4, -0.2) is 68.5 Å². The Morgan fingerprint density at radius 2 is 2.05 bits per heavy atom. The van der Waals surface area contributed by atoms with Crippen LogP contribution in [0.1, 0.15) is 70.7 Å². The van der Waals surface area contributed by atoms with E-state index in [1.54, 1.807) is 27.7 Å². The van der Waals surface area contributed by atoms with Crippen molar-refractivity contribution < 1.29 is 32.3 Å². The number of aromatic nitrogens is 2. The number of halogens is 2. The first kappa shape index (κ1) is 21.9. The zero-order valence-corrected chi connectivity index (χ0v) is 21.5.